The first kappa shape index (κ1) is 10.1. The molecule has 14 heavy (non-hydrogen) atoms. The first-order chi connectivity index (χ1) is 6.61. The fourth-order valence-corrected chi connectivity index (χ4v) is 1.47. The molecule has 0 unspecified atom stereocenters. The van der Waals surface area contributed by atoms with Gasteiger partial charge in [0.25, 0.3) is 0 Å². The number of ether oxygens (including phenoxy) is 1. The molecule has 0 radical (unpaired) electrons. The third kappa shape index (κ3) is 2.14. The van der Waals surface area contributed by atoms with Crippen LogP contribution in [0.3, 0.4) is 0 Å². The molecule has 1 fully saturated rings. The Hall–Kier alpha value is -0.440. The van der Waals surface area contributed by atoms with Crippen LogP contribution in [0, 0.1) is 0 Å². The Labute approximate surface area is 92.9 Å². The van der Waals surface area contributed by atoms with Gasteiger partial charge in [0.15, 0.2) is 0 Å². The van der Waals surface area contributed by atoms with Gasteiger partial charge in [0, 0.05) is 0 Å². The van der Waals surface area contributed by atoms with Crippen molar-refractivity contribution in [2.45, 2.75) is 18.4 Å². The van der Waals surface area contributed by atoms with E-state index in [1.807, 2.05) is 0 Å². The Morgan fingerprint density at radius 2 is 2.07 bits per heavy atom. The molecule has 0 aromatic heterocycles. The van der Waals surface area contributed by atoms with Gasteiger partial charge in [0.05, 0.1) is 10.6 Å². The summed E-state index contributed by atoms with van der Waals surface area (Å²) in [6.07, 6.45) is 2.04. The third-order valence-corrected chi connectivity index (χ3v) is 3.13. The minimum atomic E-state index is -0.133. The van der Waals surface area contributed by atoms with Crippen molar-refractivity contribution in [3.05, 3.63) is 28.2 Å². The van der Waals surface area contributed by atoms with Crippen molar-refractivity contribution in [1.29, 1.82) is 0 Å². The van der Waals surface area contributed by atoms with E-state index in [2.05, 4.69) is 0 Å². The van der Waals surface area contributed by atoms with Crippen LogP contribution < -0.4 is 10.5 Å². The summed E-state index contributed by atoms with van der Waals surface area (Å²) in [5, 5.41) is 0.962. The first-order valence-electron chi connectivity index (χ1n) is 4.46. The molecule has 0 saturated heterocycles. The van der Waals surface area contributed by atoms with E-state index in [0.29, 0.717) is 22.4 Å². The normalized spacial score (nSPS) is 17.9. The van der Waals surface area contributed by atoms with Gasteiger partial charge in [-0.1, -0.05) is 29.3 Å². The predicted octanol–water partition coefficient (Wildman–Crippen LogP) is 2.86. The third-order valence-electron chi connectivity index (χ3n) is 2.32. The van der Waals surface area contributed by atoms with Crippen molar-refractivity contribution in [1.82, 2.24) is 0 Å². The Balaban J connectivity index is 2.05. The topological polar surface area (TPSA) is 35.2 Å². The minimum Gasteiger partial charge on any atom is -0.490 e. The molecule has 1 aliphatic carbocycles. The maximum absolute atomic E-state index is 5.94. The Bertz CT molecular complexity index is 350. The van der Waals surface area contributed by atoms with Crippen LogP contribution >= 0.6 is 23.2 Å². The van der Waals surface area contributed by atoms with Crippen LogP contribution in [0.4, 0.5) is 0 Å². The molecule has 0 spiro atoms. The van der Waals surface area contributed by atoms with Gasteiger partial charge in [-0.3, -0.25) is 0 Å². The van der Waals surface area contributed by atoms with Gasteiger partial charge in [0.2, 0.25) is 0 Å². The quantitative estimate of drug-likeness (QED) is 0.869. The average molecular weight is 232 g/mol. The number of rotatable bonds is 3. The Morgan fingerprint density at radius 3 is 2.71 bits per heavy atom. The lowest BCUT2D eigenvalue weighted by molar-refractivity contribution is 0.279. The summed E-state index contributed by atoms with van der Waals surface area (Å²) in [4.78, 5) is 0. The van der Waals surface area contributed by atoms with Gasteiger partial charge in [-0.2, -0.15) is 0 Å². The summed E-state index contributed by atoms with van der Waals surface area (Å²) in [5.41, 5.74) is 5.75. The van der Waals surface area contributed by atoms with Crippen molar-refractivity contribution in [3.63, 3.8) is 0 Å². The van der Waals surface area contributed by atoms with Crippen LogP contribution in [0.5, 0.6) is 5.75 Å². The first-order valence-corrected chi connectivity index (χ1v) is 5.22. The summed E-state index contributed by atoms with van der Waals surface area (Å²) < 4.78 is 5.50. The highest BCUT2D eigenvalue weighted by atomic mass is 35.5. The van der Waals surface area contributed by atoms with E-state index in [1.54, 1.807) is 18.2 Å². The molecule has 1 saturated carbocycles. The number of halogens is 2. The minimum absolute atomic E-state index is 0.133. The van der Waals surface area contributed by atoms with Crippen molar-refractivity contribution in [2.24, 2.45) is 5.73 Å². The lowest BCUT2D eigenvalue weighted by atomic mass is 10.3. The summed E-state index contributed by atoms with van der Waals surface area (Å²) >= 11 is 11.8. The molecule has 2 N–H and O–H groups in total. The second-order valence-electron chi connectivity index (χ2n) is 3.70. The molecule has 0 heterocycles. The summed E-state index contributed by atoms with van der Waals surface area (Å²) in [5.74, 6) is 0.607. The van der Waals surface area contributed by atoms with Crippen LogP contribution in [0.2, 0.25) is 10.0 Å². The molecule has 1 aromatic rings. The number of nitrogens with two attached hydrogens (primary N) is 1. The molecule has 0 aliphatic heterocycles. The zero-order valence-electron chi connectivity index (χ0n) is 7.59. The van der Waals surface area contributed by atoms with E-state index in [0.717, 1.165) is 12.8 Å². The number of benzene rings is 1. The molecule has 0 amide bonds. The molecule has 1 aliphatic rings. The predicted molar refractivity (Wildman–Crippen MR) is 58.1 cm³/mol. The molecule has 0 atom stereocenters. The maximum Gasteiger partial charge on any atom is 0.139 e. The molecular formula is C10H11Cl2NO. The second kappa shape index (κ2) is 3.61. The summed E-state index contributed by atoms with van der Waals surface area (Å²) in [7, 11) is 0. The molecule has 1 aromatic carbocycles. The lowest BCUT2D eigenvalue weighted by Gasteiger charge is -2.12. The summed E-state index contributed by atoms with van der Waals surface area (Å²) in [6, 6.07) is 5.33. The molecule has 76 valence electrons. The SMILES string of the molecule is NC1(COc2cccc(Cl)c2Cl)CC1. The van der Waals surface area contributed by atoms with Crippen molar-refractivity contribution in [2.75, 3.05) is 6.61 Å². The van der Waals surface area contributed by atoms with Gasteiger partial charge >= 0.3 is 0 Å². The highest BCUT2D eigenvalue weighted by molar-refractivity contribution is 6.42. The van der Waals surface area contributed by atoms with Crippen LogP contribution in [-0.2, 0) is 0 Å². The van der Waals surface area contributed by atoms with Gasteiger partial charge in [-0.25, -0.2) is 0 Å². The monoisotopic (exact) mass is 231 g/mol. The van der Waals surface area contributed by atoms with Crippen molar-refractivity contribution in [3.8, 4) is 5.75 Å². The van der Waals surface area contributed by atoms with Crippen LogP contribution in [0.15, 0.2) is 18.2 Å². The smallest absolute Gasteiger partial charge is 0.139 e. The largest absolute Gasteiger partial charge is 0.490 e. The average Bonchev–Trinajstić information content (AvgIpc) is 2.88. The fraction of sp³-hybridized carbons (Fsp3) is 0.400. The van der Waals surface area contributed by atoms with E-state index >= 15 is 0 Å². The molecular weight excluding hydrogens is 221 g/mol. The second-order valence-corrected chi connectivity index (χ2v) is 4.49. The highest BCUT2D eigenvalue weighted by Gasteiger charge is 2.39. The summed E-state index contributed by atoms with van der Waals surface area (Å²) in [6.45, 7) is 0.507. The van der Waals surface area contributed by atoms with Crippen LogP contribution in [0.1, 0.15) is 12.8 Å². The van der Waals surface area contributed by atoms with Crippen molar-refractivity contribution < 1.29 is 4.74 Å². The van der Waals surface area contributed by atoms with Gasteiger partial charge < -0.3 is 10.5 Å². The molecule has 4 heteroatoms. The van der Waals surface area contributed by atoms with E-state index in [4.69, 9.17) is 33.7 Å². The van der Waals surface area contributed by atoms with Gasteiger partial charge in [0.1, 0.15) is 17.4 Å². The maximum atomic E-state index is 5.94. The number of hydrogen-bond acceptors (Lipinski definition) is 2. The zero-order valence-corrected chi connectivity index (χ0v) is 9.11. The van der Waals surface area contributed by atoms with E-state index in [-0.39, 0.29) is 5.54 Å². The van der Waals surface area contributed by atoms with Gasteiger partial charge in [-0.05, 0) is 25.0 Å². The Kier molecular flexibility index (Phi) is 2.60. The van der Waals surface area contributed by atoms with E-state index < -0.39 is 0 Å². The van der Waals surface area contributed by atoms with E-state index in [1.165, 1.54) is 0 Å². The standard InChI is InChI=1S/C10H11Cl2NO/c11-7-2-1-3-8(9(7)12)14-6-10(13)4-5-10/h1-3H,4-6,13H2. The fourth-order valence-electron chi connectivity index (χ4n) is 1.12. The van der Waals surface area contributed by atoms with E-state index in [9.17, 15) is 0 Å². The lowest BCUT2D eigenvalue weighted by Crippen LogP contribution is -2.29. The highest BCUT2D eigenvalue weighted by Crippen LogP contribution is 2.36. The molecule has 2 rings (SSSR count). The number of hydrogen-bond donors (Lipinski definition) is 1. The van der Waals surface area contributed by atoms with Gasteiger partial charge in [-0.15, -0.1) is 0 Å². The van der Waals surface area contributed by atoms with Crippen LogP contribution in [-0.4, -0.2) is 12.1 Å². The Morgan fingerprint density at radius 1 is 1.36 bits per heavy atom. The molecule has 2 nitrogen and oxygen atoms in total. The van der Waals surface area contributed by atoms with Crippen molar-refractivity contribution >= 4 is 23.2 Å². The zero-order chi connectivity index (χ0) is 10.2. The van der Waals surface area contributed by atoms with Crippen LogP contribution in [0.25, 0.3) is 0 Å². The molecule has 0 bridgehead atoms.